The van der Waals surface area contributed by atoms with Gasteiger partial charge in [0.05, 0.1) is 0 Å². The Bertz CT molecular complexity index is 301. The molecule has 0 fully saturated rings. The zero-order valence-electron chi connectivity index (χ0n) is 6.56. The quantitative estimate of drug-likeness (QED) is 0.646. The molecule has 0 bridgehead atoms. The van der Waals surface area contributed by atoms with Crippen molar-refractivity contribution in [1.82, 2.24) is 0 Å². The Morgan fingerprint density at radius 1 is 1.54 bits per heavy atom. The molecule has 0 aliphatic carbocycles. The smallest absolute Gasteiger partial charge is 0.358 e. The van der Waals surface area contributed by atoms with Gasteiger partial charge in [0.1, 0.15) is 0 Å². The van der Waals surface area contributed by atoms with Gasteiger partial charge in [0.2, 0.25) is 0 Å². The van der Waals surface area contributed by atoms with Crippen LogP contribution in [0.15, 0.2) is 24.3 Å². The van der Waals surface area contributed by atoms with Crippen molar-refractivity contribution < 1.29 is 51.5 Å². The van der Waals surface area contributed by atoms with Crippen molar-refractivity contribution in [1.29, 1.82) is 0 Å². The van der Waals surface area contributed by atoms with Crippen LogP contribution in [0.25, 0.3) is 0 Å². The Morgan fingerprint density at radius 2 is 2.23 bits per heavy atom. The molecular weight excluding hydrogens is 268 g/mol. The summed E-state index contributed by atoms with van der Waals surface area (Å²) in [6.45, 7) is 0. The number of rotatable bonds is 2. The average molecular weight is 274 g/mol. The SMILES string of the molecule is O=C(O[PH](=O)O)c1[c-]cccc1.[Y]. The molecule has 0 amide bonds. The van der Waals surface area contributed by atoms with E-state index in [0.717, 1.165) is 0 Å². The van der Waals surface area contributed by atoms with E-state index in [1.165, 1.54) is 12.1 Å². The van der Waals surface area contributed by atoms with Gasteiger partial charge in [0.15, 0.2) is 0 Å². The maximum absolute atomic E-state index is 10.9. The molecule has 1 aromatic carbocycles. The zero-order valence-corrected chi connectivity index (χ0v) is 10.4. The molecule has 1 unspecified atom stereocenters. The van der Waals surface area contributed by atoms with Crippen LogP contribution in [-0.2, 0) is 41.8 Å². The van der Waals surface area contributed by atoms with Crippen LogP contribution in [0.2, 0.25) is 0 Å². The molecule has 1 N–H and O–H groups in total. The molecule has 67 valence electrons. The second-order valence-electron chi connectivity index (χ2n) is 1.93. The number of carbonyl (C=O) groups excluding carboxylic acids is 1. The molecule has 4 nitrogen and oxygen atoms in total. The Morgan fingerprint density at radius 3 is 2.69 bits per heavy atom. The first-order valence-corrected chi connectivity index (χ1v) is 4.38. The van der Waals surface area contributed by atoms with Crippen molar-refractivity contribution in [3.05, 3.63) is 35.9 Å². The number of benzene rings is 1. The van der Waals surface area contributed by atoms with Crippen molar-refractivity contribution in [3.63, 3.8) is 0 Å². The number of hydrogen-bond donors (Lipinski definition) is 1. The Balaban J connectivity index is 0.00000144. The van der Waals surface area contributed by atoms with E-state index in [0.29, 0.717) is 0 Å². The van der Waals surface area contributed by atoms with E-state index in [4.69, 9.17) is 4.89 Å². The molecule has 0 heterocycles. The normalized spacial score (nSPS) is 11.2. The van der Waals surface area contributed by atoms with Crippen LogP contribution in [0.4, 0.5) is 0 Å². The first-order chi connectivity index (χ1) is 5.70. The van der Waals surface area contributed by atoms with Gasteiger partial charge >= 0.3 is 8.25 Å². The molecule has 6 heteroatoms. The molecule has 1 aromatic rings. The van der Waals surface area contributed by atoms with Crippen LogP contribution in [0, 0.1) is 6.07 Å². The van der Waals surface area contributed by atoms with E-state index in [2.05, 4.69) is 10.6 Å². The number of hydrogen-bond acceptors (Lipinski definition) is 3. The van der Waals surface area contributed by atoms with E-state index in [-0.39, 0.29) is 38.3 Å². The standard InChI is InChI=1S/C7H6O4P.Y/c8-7(11-12(9)10)6-4-2-1-3-5-6;/h1-4,12H,(H,9,10);/q-1;. The second-order valence-corrected chi connectivity index (χ2v) is 2.67. The topological polar surface area (TPSA) is 63.6 Å². The van der Waals surface area contributed by atoms with E-state index in [9.17, 15) is 9.36 Å². The van der Waals surface area contributed by atoms with Gasteiger partial charge in [0.25, 0.3) is 5.97 Å². The fourth-order valence-corrected chi connectivity index (χ4v) is 0.923. The zero-order chi connectivity index (χ0) is 8.97. The summed E-state index contributed by atoms with van der Waals surface area (Å²) in [5.41, 5.74) is 0.143. The van der Waals surface area contributed by atoms with Crippen LogP contribution in [0.3, 0.4) is 0 Å². The first-order valence-electron chi connectivity index (χ1n) is 3.12. The molecule has 13 heavy (non-hydrogen) atoms. The van der Waals surface area contributed by atoms with Gasteiger partial charge in [-0.15, -0.1) is 30.3 Å². The molecule has 1 atom stereocenters. The molecule has 0 aliphatic rings. The van der Waals surface area contributed by atoms with Gasteiger partial charge in [-0.1, -0.05) is 5.56 Å². The molecule has 1 rings (SSSR count). The fourth-order valence-electron chi connectivity index (χ4n) is 0.655. The van der Waals surface area contributed by atoms with E-state index in [1.807, 2.05) is 0 Å². The van der Waals surface area contributed by atoms with Crippen molar-refractivity contribution in [3.8, 4) is 0 Å². The van der Waals surface area contributed by atoms with E-state index < -0.39 is 14.2 Å². The van der Waals surface area contributed by atoms with Crippen LogP contribution in [0.5, 0.6) is 0 Å². The summed E-state index contributed by atoms with van der Waals surface area (Å²) in [6.07, 6.45) is 0. The van der Waals surface area contributed by atoms with Crippen molar-refractivity contribution in [2.45, 2.75) is 0 Å². The van der Waals surface area contributed by atoms with Gasteiger partial charge in [-0.25, -0.2) is 4.57 Å². The summed E-state index contributed by atoms with van der Waals surface area (Å²) in [6, 6.07) is 8.83. The van der Waals surface area contributed by atoms with Crippen molar-refractivity contribution in [2.24, 2.45) is 0 Å². The van der Waals surface area contributed by atoms with E-state index in [1.54, 1.807) is 12.1 Å². The minimum Gasteiger partial charge on any atom is -0.438 e. The van der Waals surface area contributed by atoms with Gasteiger partial charge in [-0.3, -0.25) is 0 Å². The molecule has 0 spiro atoms. The monoisotopic (exact) mass is 274 g/mol. The third-order valence-electron chi connectivity index (χ3n) is 1.11. The predicted molar refractivity (Wildman–Crippen MR) is 41.9 cm³/mol. The van der Waals surface area contributed by atoms with Crippen LogP contribution in [0.1, 0.15) is 10.4 Å². The van der Waals surface area contributed by atoms with Gasteiger partial charge in [-0.05, 0) is 0 Å². The molecule has 0 saturated heterocycles. The minimum absolute atomic E-state index is 0. The van der Waals surface area contributed by atoms with Crippen molar-refractivity contribution in [2.75, 3.05) is 0 Å². The van der Waals surface area contributed by atoms with Crippen molar-refractivity contribution >= 4 is 14.2 Å². The Labute approximate surface area is 101 Å². The summed E-state index contributed by atoms with van der Waals surface area (Å²) in [5.74, 6) is -0.831. The molecule has 0 aliphatic heterocycles. The summed E-state index contributed by atoms with van der Waals surface area (Å²) in [5, 5.41) is 0. The van der Waals surface area contributed by atoms with Crippen LogP contribution < -0.4 is 0 Å². The molecule has 0 aromatic heterocycles. The summed E-state index contributed by atoms with van der Waals surface area (Å²) in [7, 11) is -3.20. The maximum Gasteiger partial charge on any atom is 0.358 e. The first kappa shape index (κ1) is 13.0. The summed E-state index contributed by atoms with van der Waals surface area (Å²) < 4.78 is 14.2. The largest absolute Gasteiger partial charge is 0.438 e. The predicted octanol–water partition coefficient (Wildman–Crippen LogP) is 1.02. The Kier molecular flexibility index (Phi) is 6.43. The number of carbonyl (C=O) groups is 1. The summed E-state index contributed by atoms with van der Waals surface area (Å²) >= 11 is 0. The maximum atomic E-state index is 10.9. The van der Waals surface area contributed by atoms with E-state index >= 15 is 0 Å². The fraction of sp³-hybridized carbons (Fsp3) is 0. The summed E-state index contributed by atoms with van der Waals surface area (Å²) in [4.78, 5) is 19.1. The average Bonchev–Trinajstić information content (AvgIpc) is 2.05. The third kappa shape index (κ3) is 4.68. The van der Waals surface area contributed by atoms with Crippen LogP contribution in [-0.4, -0.2) is 10.9 Å². The second kappa shape index (κ2) is 6.44. The molecule has 1 radical (unpaired) electrons. The molecule has 0 saturated carbocycles. The van der Waals surface area contributed by atoms with Gasteiger partial charge < -0.3 is 14.2 Å². The van der Waals surface area contributed by atoms with Crippen LogP contribution >= 0.6 is 8.25 Å². The molecular formula is C7H6O4PY-. The van der Waals surface area contributed by atoms with Gasteiger partial charge in [0, 0.05) is 32.7 Å². The van der Waals surface area contributed by atoms with Gasteiger partial charge in [-0.2, -0.15) is 0 Å². The third-order valence-corrected chi connectivity index (χ3v) is 1.47. The Hall–Kier alpha value is -0.0161. The minimum atomic E-state index is -3.20.